The standard InChI is InChI=1S/C12H19N3/c1-3-6-14-7-8-15-11-4-5-12(13)10(2)9-11/h3-5,9,14-15H,1,6-8,13H2,2H3. The van der Waals surface area contributed by atoms with Crippen molar-refractivity contribution < 1.29 is 0 Å². The van der Waals surface area contributed by atoms with Gasteiger partial charge < -0.3 is 16.4 Å². The van der Waals surface area contributed by atoms with Crippen LogP contribution in [0.1, 0.15) is 5.56 Å². The maximum absolute atomic E-state index is 5.73. The fraction of sp³-hybridized carbons (Fsp3) is 0.333. The van der Waals surface area contributed by atoms with Crippen molar-refractivity contribution in [2.24, 2.45) is 0 Å². The molecule has 0 aliphatic rings. The van der Waals surface area contributed by atoms with Gasteiger partial charge in [-0.15, -0.1) is 6.58 Å². The number of hydrogen-bond acceptors (Lipinski definition) is 3. The number of nitrogen functional groups attached to an aromatic ring is 1. The van der Waals surface area contributed by atoms with Crippen LogP contribution in [0.2, 0.25) is 0 Å². The van der Waals surface area contributed by atoms with Gasteiger partial charge in [-0.2, -0.15) is 0 Å². The summed E-state index contributed by atoms with van der Waals surface area (Å²) in [6.45, 7) is 8.33. The topological polar surface area (TPSA) is 50.1 Å². The molecule has 0 fully saturated rings. The molecule has 0 aromatic heterocycles. The van der Waals surface area contributed by atoms with Crippen molar-refractivity contribution in [2.45, 2.75) is 6.92 Å². The van der Waals surface area contributed by atoms with Gasteiger partial charge in [-0.1, -0.05) is 6.08 Å². The van der Waals surface area contributed by atoms with Crippen LogP contribution in [0, 0.1) is 6.92 Å². The Balaban J connectivity index is 2.31. The molecule has 82 valence electrons. The smallest absolute Gasteiger partial charge is 0.0345 e. The van der Waals surface area contributed by atoms with Crippen LogP contribution in [0.25, 0.3) is 0 Å². The molecule has 0 saturated carbocycles. The third-order valence-electron chi connectivity index (χ3n) is 2.19. The summed E-state index contributed by atoms with van der Waals surface area (Å²) in [7, 11) is 0. The van der Waals surface area contributed by atoms with E-state index in [4.69, 9.17) is 5.73 Å². The lowest BCUT2D eigenvalue weighted by molar-refractivity contribution is 0.771. The van der Waals surface area contributed by atoms with Crippen molar-refractivity contribution in [2.75, 3.05) is 30.7 Å². The van der Waals surface area contributed by atoms with Crippen molar-refractivity contribution in [3.8, 4) is 0 Å². The molecule has 1 rings (SSSR count). The highest BCUT2D eigenvalue weighted by Gasteiger charge is 1.95. The third kappa shape index (κ3) is 4.04. The molecule has 15 heavy (non-hydrogen) atoms. The number of aryl methyl sites for hydroxylation is 1. The van der Waals surface area contributed by atoms with E-state index >= 15 is 0 Å². The van der Waals surface area contributed by atoms with E-state index in [1.165, 1.54) is 0 Å². The number of benzene rings is 1. The van der Waals surface area contributed by atoms with Gasteiger partial charge in [-0.05, 0) is 30.7 Å². The van der Waals surface area contributed by atoms with Crippen molar-refractivity contribution in [1.82, 2.24) is 5.32 Å². The first-order valence-corrected chi connectivity index (χ1v) is 5.15. The van der Waals surface area contributed by atoms with Crippen molar-refractivity contribution in [1.29, 1.82) is 0 Å². The first-order valence-electron chi connectivity index (χ1n) is 5.15. The number of rotatable bonds is 6. The Kier molecular flexibility index (Phi) is 4.71. The zero-order valence-electron chi connectivity index (χ0n) is 9.22. The summed E-state index contributed by atoms with van der Waals surface area (Å²) >= 11 is 0. The first-order chi connectivity index (χ1) is 7.24. The second-order valence-electron chi connectivity index (χ2n) is 3.49. The molecular weight excluding hydrogens is 186 g/mol. The SMILES string of the molecule is C=CCNCCNc1ccc(N)c(C)c1. The van der Waals surface area contributed by atoms with Gasteiger partial charge in [0.1, 0.15) is 0 Å². The normalized spacial score (nSPS) is 9.93. The van der Waals surface area contributed by atoms with E-state index in [9.17, 15) is 0 Å². The minimum atomic E-state index is 0.838. The predicted octanol–water partition coefficient (Wildman–Crippen LogP) is 1.76. The minimum Gasteiger partial charge on any atom is -0.399 e. The zero-order valence-corrected chi connectivity index (χ0v) is 9.22. The molecule has 1 aromatic rings. The van der Waals surface area contributed by atoms with Gasteiger partial charge in [0.05, 0.1) is 0 Å². The van der Waals surface area contributed by atoms with Crippen molar-refractivity contribution >= 4 is 11.4 Å². The molecule has 1 aromatic carbocycles. The van der Waals surface area contributed by atoms with E-state index in [2.05, 4.69) is 23.3 Å². The predicted molar refractivity (Wildman–Crippen MR) is 67.1 cm³/mol. The number of nitrogens with two attached hydrogens (primary N) is 1. The molecule has 0 unspecified atom stereocenters. The third-order valence-corrected chi connectivity index (χ3v) is 2.19. The Morgan fingerprint density at radius 1 is 1.40 bits per heavy atom. The van der Waals surface area contributed by atoms with Crippen molar-refractivity contribution in [3.05, 3.63) is 36.4 Å². The quantitative estimate of drug-likeness (QED) is 0.377. The lowest BCUT2D eigenvalue weighted by Gasteiger charge is -2.08. The summed E-state index contributed by atoms with van der Waals surface area (Å²) in [6.07, 6.45) is 1.85. The second kappa shape index (κ2) is 6.09. The second-order valence-corrected chi connectivity index (χ2v) is 3.49. The van der Waals surface area contributed by atoms with Crippen LogP contribution in [-0.2, 0) is 0 Å². The monoisotopic (exact) mass is 205 g/mol. The molecule has 0 bridgehead atoms. The highest BCUT2D eigenvalue weighted by Crippen LogP contribution is 2.15. The van der Waals surface area contributed by atoms with Gasteiger partial charge in [0, 0.05) is 31.0 Å². The van der Waals surface area contributed by atoms with Crippen LogP contribution in [0.15, 0.2) is 30.9 Å². The fourth-order valence-electron chi connectivity index (χ4n) is 1.29. The molecule has 0 saturated heterocycles. The summed E-state index contributed by atoms with van der Waals surface area (Å²) in [4.78, 5) is 0. The Bertz CT molecular complexity index is 321. The van der Waals surface area contributed by atoms with Crippen LogP contribution in [0.4, 0.5) is 11.4 Å². The zero-order chi connectivity index (χ0) is 11.1. The molecule has 3 heteroatoms. The molecule has 4 N–H and O–H groups in total. The van der Waals surface area contributed by atoms with E-state index < -0.39 is 0 Å². The van der Waals surface area contributed by atoms with Crippen LogP contribution < -0.4 is 16.4 Å². The summed E-state index contributed by atoms with van der Waals surface area (Å²) in [5, 5.41) is 6.55. The molecule has 0 atom stereocenters. The van der Waals surface area contributed by atoms with E-state index in [1.807, 2.05) is 25.1 Å². The molecule has 0 aliphatic heterocycles. The highest BCUT2D eigenvalue weighted by molar-refractivity contribution is 5.56. The molecule has 0 aliphatic carbocycles. The van der Waals surface area contributed by atoms with Gasteiger partial charge in [0.25, 0.3) is 0 Å². The summed E-state index contributed by atoms with van der Waals surface area (Å²) in [5.41, 5.74) is 8.79. The molecule has 0 radical (unpaired) electrons. The number of nitrogens with one attached hydrogen (secondary N) is 2. The van der Waals surface area contributed by atoms with Gasteiger partial charge in [0.2, 0.25) is 0 Å². The Morgan fingerprint density at radius 3 is 2.87 bits per heavy atom. The largest absolute Gasteiger partial charge is 0.399 e. The van der Waals surface area contributed by atoms with E-state index in [0.29, 0.717) is 0 Å². The van der Waals surface area contributed by atoms with Gasteiger partial charge >= 0.3 is 0 Å². The Labute approximate surface area is 91.4 Å². The highest BCUT2D eigenvalue weighted by atomic mass is 14.9. The average molecular weight is 205 g/mol. The minimum absolute atomic E-state index is 0.838. The van der Waals surface area contributed by atoms with E-state index in [0.717, 1.165) is 36.6 Å². The fourth-order valence-corrected chi connectivity index (χ4v) is 1.29. The molecular formula is C12H19N3. The van der Waals surface area contributed by atoms with Gasteiger partial charge in [0.15, 0.2) is 0 Å². The van der Waals surface area contributed by atoms with Crippen LogP contribution in [-0.4, -0.2) is 19.6 Å². The summed E-state index contributed by atoms with van der Waals surface area (Å²) < 4.78 is 0. The Morgan fingerprint density at radius 2 is 2.20 bits per heavy atom. The van der Waals surface area contributed by atoms with Crippen LogP contribution in [0.5, 0.6) is 0 Å². The number of hydrogen-bond donors (Lipinski definition) is 3. The van der Waals surface area contributed by atoms with E-state index in [-0.39, 0.29) is 0 Å². The molecule has 0 amide bonds. The van der Waals surface area contributed by atoms with Crippen molar-refractivity contribution in [3.63, 3.8) is 0 Å². The molecule has 0 heterocycles. The van der Waals surface area contributed by atoms with Crippen LogP contribution >= 0.6 is 0 Å². The van der Waals surface area contributed by atoms with E-state index in [1.54, 1.807) is 0 Å². The lowest BCUT2D eigenvalue weighted by Crippen LogP contribution is -2.22. The summed E-state index contributed by atoms with van der Waals surface area (Å²) in [6, 6.07) is 5.98. The average Bonchev–Trinajstić information content (AvgIpc) is 2.23. The first kappa shape index (κ1) is 11.6. The van der Waals surface area contributed by atoms with Gasteiger partial charge in [-0.25, -0.2) is 0 Å². The number of anilines is 2. The Hall–Kier alpha value is -1.48. The molecule has 3 nitrogen and oxygen atoms in total. The van der Waals surface area contributed by atoms with Crippen LogP contribution in [0.3, 0.4) is 0 Å². The maximum atomic E-state index is 5.73. The van der Waals surface area contributed by atoms with Gasteiger partial charge in [-0.3, -0.25) is 0 Å². The molecule has 0 spiro atoms. The lowest BCUT2D eigenvalue weighted by atomic mass is 10.2. The summed E-state index contributed by atoms with van der Waals surface area (Å²) in [5.74, 6) is 0. The maximum Gasteiger partial charge on any atom is 0.0345 e.